The second kappa shape index (κ2) is 8.53. The summed E-state index contributed by atoms with van der Waals surface area (Å²) in [5.41, 5.74) is 8.08. The molecule has 3 saturated heterocycles. The molecule has 1 unspecified atom stereocenters. The molecule has 2 aromatic rings. The molecule has 0 radical (unpaired) electrons. The average molecular weight is 450 g/mol. The average Bonchev–Trinajstić information content (AvgIpc) is 3.62. The number of H-pyrrole nitrogens is 1. The lowest BCUT2D eigenvalue weighted by atomic mass is 10.0. The van der Waals surface area contributed by atoms with E-state index in [0.717, 1.165) is 24.0 Å². The number of carbonyl (C=O) groups excluding carboxylic acids is 2. The highest BCUT2D eigenvalue weighted by Gasteiger charge is 2.51. The molecule has 2 amide bonds. The number of nitrogens with two attached hydrogens (primary N) is 1. The van der Waals surface area contributed by atoms with Crippen LogP contribution in [-0.4, -0.2) is 90.9 Å². The molecule has 11 nitrogen and oxygen atoms in total. The number of rotatable bonds is 6. The Hall–Kier alpha value is -3.36. The van der Waals surface area contributed by atoms with Crippen molar-refractivity contribution in [1.29, 1.82) is 5.26 Å². The van der Waals surface area contributed by atoms with E-state index in [2.05, 4.69) is 26.7 Å². The van der Waals surface area contributed by atoms with Gasteiger partial charge in [0.05, 0.1) is 24.2 Å². The van der Waals surface area contributed by atoms with Gasteiger partial charge in [-0.05, 0) is 43.0 Å². The summed E-state index contributed by atoms with van der Waals surface area (Å²) in [5, 5.41) is 23.4. The van der Waals surface area contributed by atoms with Gasteiger partial charge >= 0.3 is 0 Å². The zero-order chi connectivity index (χ0) is 23.1. The molecule has 2 bridgehead atoms. The number of piperazine rings is 1. The van der Waals surface area contributed by atoms with Crippen LogP contribution in [0, 0.1) is 11.3 Å². The predicted octanol–water partition coefficient (Wildman–Crippen LogP) is 0.0547. The highest BCUT2D eigenvalue weighted by Crippen LogP contribution is 2.38. The molecule has 172 valence electrons. The van der Waals surface area contributed by atoms with E-state index in [9.17, 15) is 14.9 Å². The molecule has 5 rings (SSSR count). The molecule has 11 heteroatoms. The largest absolute Gasteiger partial charge is 0.330 e. The van der Waals surface area contributed by atoms with Gasteiger partial charge in [0.15, 0.2) is 0 Å². The molecule has 4 heterocycles. The second-order valence-electron chi connectivity index (χ2n) is 9.07. The first-order valence-corrected chi connectivity index (χ1v) is 11.3. The minimum absolute atomic E-state index is 0.0689. The van der Waals surface area contributed by atoms with Crippen LogP contribution in [0.5, 0.6) is 0 Å². The van der Waals surface area contributed by atoms with E-state index < -0.39 is 6.04 Å². The summed E-state index contributed by atoms with van der Waals surface area (Å²) in [5.74, 6) is 0.386. The van der Waals surface area contributed by atoms with E-state index in [4.69, 9.17) is 5.73 Å². The maximum absolute atomic E-state index is 13.3. The van der Waals surface area contributed by atoms with Gasteiger partial charge in [0, 0.05) is 31.2 Å². The lowest BCUT2D eigenvalue weighted by Crippen LogP contribution is -2.56. The van der Waals surface area contributed by atoms with E-state index in [0.29, 0.717) is 31.9 Å². The van der Waals surface area contributed by atoms with Crippen LogP contribution in [0.15, 0.2) is 24.3 Å². The standard InChI is InChI=1S/C22H27N9O2/c1-13(14-4-2-5-15(8-14)20-25-27-28-26-20)31-17-9-19(22(31)33)29(11-17)12-18(24)21(32)30-7-3-6-16(30)10-23/h2,4-5,8,13,16-19H,3,6-7,9,11-12,24H2,1H3,(H,25,26,27,28)/t13-,16+,17?,18+,19+/m1/s1. The fraction of sp³-hybridized carbons (Fsp3) is 0.545. The number of nitrogens with one attached hydrogen (secondary N) is 1. The fourth-order valence-electron chi connectivity index (χ4n) is 5.49. The van der Waals surface area contributed by atoms with Crippen molar-refractivity contribution in [2.24, 2.45) is 5.73 Å². The van der Waals surface area contributed by atoms with Gasteiger partial charge in [0.2, 0.25) is 17.6 Å². The number of aromatic nitrogens is 4. The molecular weight excluding hydrogens is 422 g/mol. The molecule has 1 aromatic heterocycles. The normalized spacial score (nSPS) is 26.6. The number of aromatic amines is 1. The van der Waals surface area contributed by atoms with E-state index in [1.54, 1.807) is 4.90 Å². The van der Waals surface area contributed by atoms with Crippen molar-refractivity contribution in [3.63, 3.8) is 0 Å². The Morgan fingerprint density at radius 1 is 1.42 bits per heavy atom. The van der Waals surface area contributed by atoms with Crippen LogP contribution in [-0.2, 0) is 9.59 Å². The van der Waals surface area contributed by atoms with Crippen molar-refractivity contribution in [2.75, 3.05) is 19.6 Å². The van der Waals surface area contributed by atoms with Crippen molar-refractivity contribution in [3.8, 4) is 17.5 Å². The highest BCUT2D eigenvalue weighted by atomic mass is 16.2. The molecule has 1 aromatic carbocycles. The summed E-state index contributed by atoms with van der Waals surface area (Å²) in [7, 11) is 0. The van der Waals surface area contributed by atoms with Gasteiger partial charge in [-0.25, -0.2) is 0 Å². The first-order chi connectivity index (χ1) is 16.0. The minimum atomic E-state index is -0.733. The van der Waals surface area contributed by atoms with Crippen molar-refractivity contribution in [2.45, 2.75) is 56.4 Å². The van der Waals surface area contributed by atoms with E-state index >= 15 is 0 Å². The van der Waals surface area contributed by atoms with Gasteiger partial charge in [-0.1, -0.05) is 18.2 Å². The molecule has 0 saturated carbocycles. The first-order valence-electron chi connectivity index (χ1n) is 11.3. The number of fused-ring (bicyclic) bond motifs is 2. The van der Waals surface area contributed by atoms with E-state index in [1.807, 2.05) is 41.0 Å². The quantitative estimate of drug-likeness (QED) is 0.629. The number of nitriles is 1. The molecular formula is C22H27N9O2. The topological polar surface area (TPSA) is 148 Å². The van der Waals surface area contributed by atoms with E-state index in [1.165, 1.54) is 0 Å². The molecule has 3 aliphatic rings. The predicted molar refractivity (Wildman–Crippen MR) is 117 cm³/mol. The Labute approximate surface area is 191 Å². The SMILES string of the molecule is C[C@H](c1cccc(-c2nn[nH]n2)c1)N1C(=O)[C@@H]2CC1CN2C[C@H](N)C(=O)N1CCC[C@H]1C#N. The molecule has 0 aliphatic carbocycles. The fourth-order valence-corrected chi connectivity index (χ4v) is 5.49. The molecule has 5 atom stereocenters. The Bertz CT molecular complexity index is 1080. The van der Waals surface area contributed by atoms with Gasteiger partial charge in [-0.15, -0.1) is 10.2 Å². The third kappa shape index (κ3) is 3.75. The van der Waals surface area contributed by atoms with Crippen molar-refractivity contribution >= 4 is 11.8 Å². The third-order valence-electron chi connectivity index (χ3n) is 7.14. The maximum Gasteiger partial charge on any atom is 0.241 e. The van der Waals surface area contributed by atoms with Crippen molar-refractivity contribution < 1.29 is 9.59 Å². The van der Waals surface area contributed by atoms with Crippen LogP contribution in [0.2, 0.25) is 0 Å². The lowest BCUT2D eigenvalue weighted by molar-refractivity contribution is -0.140. The Kier molecular flexibility index (Phi) is 5.55. The monoisotopic (exact) mass is 449 g/mol. The first kappa shape index (κ1) is 21.5. The number of amides is 2. The number of likely N-dealkylation sites (tertiary alicyclic amines) is 3. The Morgan fingerprint density at radius 2 is 2.27 bits per heavy atom. The number of carbonyl (C=O) groups is 2. The molecule has 33 heavy (non-hydrogen) atoms. The van der Waals surface area contributed by atoms with Gasteiger partial charge in [-0.2, -0.15) is 10.5 Å². The summed E-state index contributed by atoms with van der Waals surface area (Å²) < 4.78 is 0. The number of nitrogens with zero attached hydrogens (tertiary/aromatic N) is 7. The van der Waals surface area contributed by atoms with Gasteiger partial charge in [0.1, 0.15) is 6.04 Å². The second-order valence-corrected chi connectivity index (χ2v) is 9.07. The zero-order valence-corrected chi connectivity index (χ0v) is 18.5. The number of hydrogen-bond acceptors (Lipinski definition) is 8. The van der Waals surface area contributed by atoms with Gasteiger partial charge < -0.3 is 15.5 Å². The summed E-state index contributed by atoms with van der Waals surface area (Å²) in [6, 6.07) is 8.61. The number of benzene rings is 1. The van der Waals surface area contributed by atoms with Gasteiger partial charge in [0.25, 0.3) is 0 Å². The third-order valence-corrected chi connectivity index (χ3v) is 7.14. The lowest BCUT2D eigenvalue weighted by Gasteiger charge is -2.38. The maximum atomic E-state index is 13.3. The smallest absolute Gasteiger partial charge is 0.241 e. The van der Waals surface area contributed by atoms with Crippen LogP contribution in [0.25, 0.3) is 11.4 Å². The van der Waals surface area contributed by atoms with Crippen molar-refractivity contribution in [1.82, 2.24) is 35.3 Å². The van der Waals surface area contributed by atoms with Crippen molar-refractivity contribution in [3.05, 3.63) is 29.8 Å². The molecule has 3 N–H and O–H groups in total. The van der Waals surface area contributed by atoms with Crippen LogP contribution < -0.4 is 5.73 Å². The molecule has 3 aliphatic heterocycles. The Morgan fingerprint density at radius 3 is 3.00 bits per heavy atom. The highest BCUT2D eigenvalue weighted by molar-refractivity contribution is 5.87. The summed E-state index contributed by atoms with van der Waals surface area (Å²) in [6.07, 6.45) is 2.26. The van der Waals surface area contributed by atoms with Crippen LogP contribution in [0.1, 0.15) is 37.8 Å². The van der Waals surface area contributed by atoms with Crippen LogP contribution in [0.4, 0.5) is 0 Å². The minimum Gasteiger partial charge on any atom is -0.330 e. The summed E-state index contributed by atoms with van der Waals surface area (Å²) >= 11 is 0. The summed E-state index contributed by atoms with van der Waals surface area (Å²) in [4.78, 5) is 31.6. The zero-order valence-electron chi connectivity index (χ0n) is 18.5. The summed E-state index contributed by atoms with van der Waals surface area (Å²) in [6.45, 7) is 3.62. The van der Waals surface area contributed by atoms with E-state index in [-0.39, 0.29) is 36.0 Å². The van der Waals surface area contributed by atoms with Crippen LogP contribution in [0.3, 0.4) is 0 Å². The number of tetrazole rings is 1. The molecule has 0 spiro atoms. The van der Waals surface area contributed by atoms with Crippen LogP contribution >= 0.6 is 0 Å². The number of hydrogen-bond donors (Lipinski definition) is 2. The molecule has 3 fully saturated rings. The van der Waals surface area contributed by atoms with Gasteiger partial charge in [-0.3, -0.25) is 14.5 Å². The Balaban J connectivity index is 1.24.